The van der Waals surface area contributed by atoms with Crippen molar-refractivity contribution in [3.05, 3.63) is 35.1 Å². The molecule has 7 heteroatoms. The average Bonchev–Trinajstić information content (AvgIpc) is 2.26. The summed E-state index contributed by atoms with van der Waals surface area (Å²) in [5, 5.41) is 2.01. The van der Waals surface area contributed by atoms with Crippen LogP contribution in [0.4, 0.5) is 18.0 Å². The number of hydrogen-bond donors (Lipinski definition) is 1. The molecule has 1 heterocycles. The molecule has 0 saturated carbocycles. The van der Waals surface area contributed by atoms with Crippen LogP contribution in [0.3, 0.4) is 0 Å². The number of alkyl halides is 2. The molecule has 1 amide bonds. The minimum Gasteiger partial charge on any atom is -0.443 e. The SMILES string of the molecule is Cc1c(F)cccc1[C@@H]1NC(=O)OCC1(F)F.Cl. The summed E-state index contributed by atoms with van der Waals surface area (Å²) in [6.07, 6.45) is -0.926. The lowest BCUT2D eigenvalue weighted by Crippen LogP contribution is -2.49. The van der Waals surface area contributed by atoms with Gasteiger partial charge in [0.05, 0.1) is 0 Å². The molecule has 0 aromatic heterocycles. The third-order valence-electron chi connectivity index (χ3n) is 2.70. The molecular weight excluding hydrogens is 271 g/mol. The van der Waals surface area contributed by atoms with Crippen LogP contribution in [0.5, 0.6) is 0 Å². The zero-order valence-corrected chi connectivity index (χ0v) is 10.2. The van der Waals surface area contributed by atoms with Gasteiger partial charge < -0.3 is 10.1 Å². The van der Waals surface area contributed by atoms with E-state index in [4.69, 9.17) is 0 Å². The highest BCUT2D eigenvalue weighted by Crippen LogP contribution is 2.36. The molecule has 0 bridgehead atoms. The van der Waals surface area contributed by atoms with Gasteiger partial charge in [-0.25, -0.2) is 18.0 Å². The Morgan fingerprint density at radius 2 is 2.11 bits per heavy atom. The second kappa shape index (κ2) is 5.06. The summed E-state index contributed by atoms with van der Waals surface area (Å²) in [5.74, 6) is -3.84. The molecule has 1 N–H and O–H groups in total. The predicted octanol–water partition coefficient (Wildman–Crippen LogP) is 2.97. The van der Waals surface area contributed by atoms with Crippen molar-refractivity contribution in [1.82, 2.24) is 5.32 Å². The van der Waals surface area contributed by atoms with Gasteiger partial charge in [-0.15, -0.1) is 12.4 Å². The third-order valence-corrected chi connectivity index (χ3v) is 2.70. The number of benzene rings is 1. The lowest BCUT2D eigenvalue weighted by molar-refractivity contribution is -0.104. The van der Waals surface area contributed by atoms with E-state index in [0.29, 0.717) is 0 Å². The normalized spacial score (nSPS) is 21.6. The highest BCUT2D eigenvalue weighted by atomic mass is 35.5. The number of amides is 1. The smallest absolute Gasteiger partial charge is 0.408 e. The number of hydrogen-bond acceptors (Lipinski definition) is 2. The van der Waals surface area contributed by atoms with Crippen molar-refractivity contribution >= 4 is 18.5 Å². The first-order valence-electron chi connectivity index (χ1n) is 4.98. The van der Waals surface area contributed by atoms with Gasteiger partial charge in [-0.2, -0.15) is 0 Å². The first kappa shape index (κ1) is 14.6. The fourth-order valence-electron chi connectivity index (χ4n) is 1.75. The number of halogens is 4. The molecule has 1 fully saturated rings. The van der Waals surface area contributed by atoms with Crippen LogP contribution in [0, 0.1) is 12.7 Å². The Morgan fingerprint density at radius 3 is 2.78 bits per heavy atom. The van der Waals surface area contributed by atoms with Crippen molar-refractivity contribution in [2.24, 2.45) is 0 Å². The van der Waals surface area contributed by atoms with E-state index in [9.17, 15) is 18.0 Å². The van der Waals surface area contributed by atoms with E-state index >= 15 is 0 Å². The standard InChI is InChI=1S/C11H10F3NO2.ClH/c1-6-7(3-2-4-8(6)12)9-11(13,14)5-17-10(16)15-9;/h2-4,9H,5H2,1H3,(H,15,16);1H/t9-;/m0./s1. The van der Waals surface area contributed by atoms with E-state index in [1.54, 1.807) is 0 Å². The summed E-state index contributed by atoms with van der Waals surface area (Å²) in [6.45, 7) is 0.391. The first-order valence-corrected chi connectivity index (χ1v) is 4.98. The number of nitrogens with one attached hydrogen (secondary N) is 1. The number of carbonyl (C=O) groups is 1. The summed E-state index contributed by atoms with van der Waals surface area (Å²) in [4.78, 5) is 11.0. The largest absolute Gasteiger partial charge is 0.443 e. The van der Waals surface area contributed by atoms with Crippen LogP contribution >= 0.6 is 12.4 Å². The molecule has 0 spiro atoms. The van der Waals surface area contributed by atoms with Crippen LogP contribution in [0.1, 0.15) is 17.2 Å². The monoisotopic (exact) mass is 281 g/mol. The highest BCUT2D eigenvalue weighted by Gasteiger charge is 2.47. The summed E-state index contributed by atoms with van der Waals surface area (Å²) in [6, 6.07) is 2.32. The zero-order chi connectivity index (χ0) is 12.6. The molecule has 1 aromatic carbocycles. The molecule has 0 unspecified atom stereocenters. The Morgan fingerprint density at radius 1 is 1.44 bits per heavy atom. The van der Waals surface area contributed by atoms with Crippen molar-refractivity contribution in [2.45, 2.75) is 18.9 Å². The molecule has 1 aliphatic rings. The summed E-state index contributed by atoms with van der Waals surface area (Å²) < 4.78 is 44.7. The number of carbonyl (C=O) groups excluding carboxylic acids is 1. The molecule has 1 atom stereocenters. The maximum absolute atomic E-state index is 13.6. The minimum atomic E-state index is -3.26. The highest BCUT2D eigenvalue weighted by molar-refractivity contribution is 5.85. The molecule has 2 rings (SSSR count). The van der Waals surface area contributed by atoms with Crippen molar-refractivity contribution in [1.29, 1.82) is 0 Å². The number of cyclic esters (lactones) is 1. The predicted molar refractivity (Wildman–Crippen MR) is 60.6 cm³/mol. The molecule has 0 radical (unpaired) electrons. The van der Waals surface area contributed by atoms with Gasteiger partial charge in [0.2, 0.25) is 0 Å². The molecule has 3 nitrogen and oxygen atoms in total. The van der Waals surface area contributed by atoms with Crippen LogP contribution in [-0.4, -0.2) is 18.6 Å². The van der Waals surface area contributed by atoms with Gasteiger partial charge in [0.25, 0.3) is 0 Å². The molecule has 18 heavy (non-hydrogen) atoms. The van der Waals surface area contributed by atoms with E-state index in [2.05, 4.69) is 4.74 Å². The van der Waals surface area contributed by atoms with Crippen LogP contribution in [0.25, 0.3) is 0 Å². The van der Waals surface area contributed by atoms with Crippen molar-refractivity contribution in [3.63, 3.8) is 0 Å². The van der Waals surface area contributed by atoms with E-state index in [-0.39, 0.29) is 23.5 Å². The molecule has 1 aromatic rings. The molecule has 100 valence electrons. The minimum absolute atomic E-state index is 0. The van der Waals surface area contributed by atoms with Gasteiger partial charge in [-0.05, 0) is 24.1 Å². The Bertz CT molecular complexity index is 468. The fraction of sp³-hybridized carbons (Fsp3) is 0.364. The van der Waals surface area contributed by atoms with Crippen LogP contribution in [0.2, 0.25) is 0 Å². The van der Waals surface area contributed by atoms with E-state index in [0.717, 1.165) is 0 Å². The van der Waals surface area contributed by atoms with E-state index in [1.165, 1.54) is 25.1 Å². The molecule has 0 aliphatic carbocycles. The van der Waals surface area contributed by atoms with Crippen molar-refractivity contribution in [2.75, 3.05) is 6.61 Å². The maximum atomic E-state index is 13.6. The average molecular weight is 282 g/mol. The Kier molecular flexibility index (Phi) is 4.11. The Hall–Kier alpha value is -1.43. The second-order valence-corrected chi connectivity index (χ2v) is 3.87. The zero-order valence-electron chi connectivity index (χ0n) is 9.38. The number of rotatable bonds is 1. The molecular formula is C11H11ClF3NO2. The quantitative estimate of drug-likeness (QED) is 0.859. The van der Waals surface area contributed by atoms with E-state index < -0.39 is 30.5 Å². The maximum Gasteiger partial charge on any atom is 0.408 e. The molecule has 1 aliphatic heterocycles. The van der Waals surface area contributed by atoms with Crippen LogP contribution in [-0.2, 0) is 4.74 Å². The van der Waals surface area contributed by atoms with Gasteiger partial charge in [-0.3, -0.25) is 0 Å². The van der Waals surface area contributed by atoms with Crippen molar-refractivity contribution < 1.29 is 22.7 Å². The number of alkyl carbamates (subject to hydrolysis) is 1. The first-order chi connectivity index (χ1) is 7.92. The van der Waals surface area contributed by atoms with Crippen LogP contribution < -0.4 is 5.32 Å². The third kappa shape index (κ3) is 2.53. The topological polar surface area (TPSA) is 38.3 Å². The van der Waals surface area contributed by atoms with Gasteiger partial charge in [0.15, 0.2) is 6.61 Å². The lowest BCUT2D eigenvalue weighted by atomic mass is 9.95. The summed E-state index contributed by atoms with van der Waals surface area (Å²) >= 11 is 0. The Labute approximate surface area is 108 Å². The summed E-state index contributed by atoms with van der Waals surface area (Å²) in [5.41, 5.74) is 0.158. The molecule has 1 saturated heterocycles. The number of ether oxygens (including phenoxy) is 1. The summed E-state index contributed by atoms with van der Waals surface area (Å²) in [7, 11) is 0. The Balaban J connectivity index is 0.00000162. The van der Waals surface area contributed by atoms with Gasteiger partial charge in [0, 0.05) is 0 Å². The van der Waals surface area contributed by atoms with Crippen LogP contribution in [0.15, 0.2) is 18.2 Å². The van der Waals surface area contributed by atoms with Crippen molar-refractivity contribution in [3.8, 4) is 0 Å². The van der Waals surface area contributed by atoms with Gasteiger partial charge >= 0.3 is 12.0 Å². The van der Waals surface area contributed by atoms with E-state index in [1.807, 2.05) is 5.32 Å². The fourth-order valence-corrected chi connectivity index (χ4v) is 1.75. The van der Waals surface area contributed by atoms with Gasteiger partial charge in [0.1, 0.15) is 11.9 Å². The second-order valence-electron chi connectivity index (χ2n) is 3.87. The lowest BCUT2D eigenvalue weighted by Gasteiger charge is -2.32. The van der Waals surface area contributed by atoms with Gasteiger partial charge in [-0.1, -0.05) is 12.1 Å².